The molecular formula is C21H23ClN4. The number of nitrogens with one attached hydrogen (secondary N) is 1. The molecule has 4 nitrogen and oxygen atoms in total. The summed E-state index contributed by atoms with van der Waals surface area (Å²) in [6.45, 7) is 5.53. The van der Waals surface area contributed by atoms with Gasteiger partial charge in [0.25, 0.3) is 0 Å². The number of hydrogen-bond acceptors (Lipinski definition) is 2. The molecule has 0 spiro atoms. The minimum atomic E-state index is -0.0542. The standard InChI is InChI=1S/C21H23ClN4/c1-21(2,11-23)12-24-19-15-10-13(22)8-9-17(15)26(3)20-18(19)14-6-4-5-7-16(14)25-20/h4-10,25H,11-12,23H2,1-3H3. The molecule has 0 unspecified atom stereocenters. The van der Waals surface area contributed by atoms with Crippen LogP contribution in [0.25, 0.3) is 32.8 Å². The van der Waals surface area contributed by atoms with Gasteiger partial charge in [0, 0.05) is 34.9 Å². The fourth-order valence-corrected chi connectivity index (χ4v) is 3.56. The first-order valence-corrected chi connectivity index (χ1v) is 9.18. The minimum absolute atomic E-state index is 0.0542. The molecule has 0 atom stereocenters. The molecule has 134 valence electrons. The second kappa shape index (κ2) is 6.15. The summed E-state index contributed by atoms with van der Waals surface area (Å²) in [6, 6.07) is 14.3. The fraction of sp³-hybridized carbons (Fsp3) is 0.286. The van der Waals surface area contributed by atoms with Gasteiger partial charge in [-0.25, -0.2) is 0 Å². The van der Waals surface area contributed by atoms with Crippen molar-refractivity contribution in [2.24, 2.45) is 23.2 Å². The van der Waals surface area contributed by atoms with E-state index in [2.05, 4.69) is 54.7 Å². The Morgan fingerprint density at radius 2 is 1.92 bits per heavy atom. The molecular weight excluding hydrogens is 344 g/mol. The van der Waals surface area contributed by atoms with Crippen molar-refractivity contribution in [2.45, 2.75) is 13.8 Å². The van der Waals surface area contributed by atoms with Crippen molar-refractivity contribution in [1.82, 2.24) is 9.55 Å². The van der Waals surface area contributed by atoms with Crippen LogP contribution in [0.2, 0.25) is 5.02 Å². The summed E-state index contributed by atoms with van der Waals surface area (Å²) < 4.78 is 2.17. The van der Waals surface area contributed by atoms with Crippen molar-refractivity contribution in [3.05, 3.63) is 52.8 Å². The van der Waals surface area contributed by atoms with Crippen LogP contribution in [0.5, 0.6) is 0 Å². The molecule has 26 heavy (non-hydrogen) atoms. The van der Waals surface area contributed by atoms with E-state index in [0.29, 0.717) is 18.1 Å². The first-order valence-electron chi connectivity index (χ1n) is 8.80. The molecule has 0 fully saturated rings. The van der Waals surface area contributed by atoms with Gasteiger partial charge in [-0.05, 0) is 36.2 Å². The number of rotatable bonds is 3. The van der Waals surface area contributed by atoms with E-state index in [4.69, 9.17) is 22.3 Å². The van der Waals surface area contributed by atoms with Gasteiger partial charge in [-0.3, -0.25) is 4.99 Å². The van der Waals surface area contributed by atoms with Gasteiger partial charge in [-0.2, -0.15) is 0 Å². The van der Waals surface area contributed by atoms with Gasteiger partial charge >= 0.3 is 0 Å². The third-order valence-corrected chi connectivity index (χ3v) is 5.29. The van der Waals surface area contributed by atoms with Gasteiger partial charge in [-0.1, -0.05) is 43.6 Å². The number of para-hydroxylation sites is 1. The van der Waals surface area contributed by atoms with Gasteiger partial charge < -0.3 is 15.3 Å². The molecule has 0 aliphatic carbocycles. The Bertz CT molecular complexity index is 1200. The number of nitrogens with two attached hydrogens (primary N) is 1. The Morgan fingerprint density at radius 1 is 1.15 bits per heavy atom. The lowest BCUT2D eigenvalue weighted by Crippen LogP contribution is -2.28. The van der Waals surface area contributed by atoms with Crippen molar-refractivity contribution >= 4 is 44.4 Å². The zero-order chi connectivity index (χ0) is 18.5. The first kappa shape index (κ1) is 17.1. The van der Waals surface area contributed by atoms with Gasteiger partial charge in [0.1, 0.15) is 5.65 Å². The van der Waals surface area contributed by atoms with E-state index < -0.39 is 0 Å². The number of pyridine rings is 1. The minimum Gasteiger partial charge on any atom is -0.341 e. The summed E-state index contributed by atoms with van der Waals surface area (Å²) in [5, 5.41) is 5.06. The number of hydrogen-bond donors (Lipinski definition) is 2. The number of benzene rings is 2. The Kier molecular flexibility index (Phi) is 4.05. The molecule has 5 heteroatoms. The van der Waals surface area contributed by atoms with Gasteiger partial charge in [0.15, 0.2) is 0 Å². The number of aromatic nitrogens is 2. The fourth-order valence-electron chi connectivity index (χ4n) is 3.39. The van der Waals surface area contributed by atoms with E-state index in [9.17, 15) is 0 Å². The lowest BCUT2D eigenvalue weighted by Gasteiger charge is -2.19. The average molecular weight is 367 g/mol. The molecule has 3 N–H and O–H groups in total. The quantitative estimate of drug-likeness (QED) is 0.556. The second-order valence-electron chi connectivity index (χ2n) is 7.65. The Labute approximate surface area is 157 Å². The van der Waals surface area contributed by atoms with E-state index >= 15 is 0 Å². The van der Waals surface area contributed by atoms with E-state index in [-0.39, 0.29) is 5.41 Å². The van der Waals surface area contributed by atoms with Crippen LogP contribution in [0, 0.1) is 5.41 Å². The van der Waals surface area contributed by atoms with Gasteiger partial charge in [0.2, 0.25) is 0 Å². The van der Waals surface area contributed by atoms with Crippen molar-refractivity contribution in [3.63, 3.8) is 0 Å². The summed E-state index contributed by atoms with van der Waals surface area (Å²) in [7, 11) is 2.07. The zero-order valence-corrected chi connectivity index (χ0v) is 16.1. The SMILES string of the molecule is Cn1c2ccc(Cl)cc2c(=NCC(C)(C)CN)c2c3ccccc3[nH]c21. The van der Waals surface area contributed by atoms with Crippen LogP contribution in [0.4, 0.5) is 0 Å². The number of fused-ring (bicyclic) bond motifs is 4. The number of halogens is 1. The summed E-state index contributed by atoms with van der Waals surface area (Å²) in [5.41, 5.74) is 9.13. The van der Waals surface area contributed by atoms with Crippen LogP contribution in [-0.4, -0.2) is 22.6 Å². The molecule has 4 aromatic rings. The Balaban J connectivity index is 2.21. The summed E-state index contributed by atoms with van der Waals surface area (Å²) in [4.78, 5) is 8.59. The van der Waals surface area contributed by atoms with Gasteiger partial charge in [0.05, 0.1) is 16.3 Å². The largest absolute Gasteiger partial charge is 0.341 e. The lowest BCUT2D eigenvalue weighted by molar-refractivity contribution is 0.391. The molecule has 0 saturated carbocycles. The maximum absolute atomic E-state index is 6.32. The molecule has 2 heterocycles. The van der Waals surface area contributed by atoms with Crippen molar-refractivity contribution in [2.75, 3.05) is 13.1 Å². The van der Waals surface area contributed by atoms with Gasteiger partial charge in [-0.15, -0.1) is 0 Å². The Morgan fingerprint density at radius 3 is 2.69 bits per heavy atom. The third-order valence-electron chi connectivity index (χ3n) is 5.05. The monoisotopic (exact) mass is 366 g/mol. The predicted octanol–water partition coefficient (Wildman–Crippen LogP) is 4.35. The zero-order valence-electron chi connectivity index (χ0n) is 15.3. The number of aromatic amines is 1. The molecule has 0 bridgehead atoms. The second-order valence-corrected chi connectivity index (χ2v) is 8.08. The van der Waals surface area contributed by atoms with Crippen LogP contribution in [0.1, 0.15) is 13.8 Å². The van der Waals surface area contributed by atoms with Crippen LogP contribution < -0.4 is 11.1 Å². The van der Waals surface area contributed by atoms with Crippen LogP contribution in [-0.2, 0) is 7.05 Å². The molecule has 0 aliphatic heterocycles. The Hall–Kier alpha value is -2.30. The molecule has 2 aromatic heterocycles. The smallest absolute Gasteiger partial charge is 0.120 e. The number of H-pyrrole nitrogens is 1. The van der Waals surface area contributed by atoms with Crippen molar-refractivity contribution in [1.29, 1.82) is 0 Å². The maximum atomic E-state index is 6.32. The van der Waals surface area contributed by atoms with E-state index in [0.717, 1.165) is 32.8 Å². The van der Waals surface area contributed by atoms with Crippen molar-refractivity contribution in [3.8, 4) is 0 Å². The first-order chi connectivity index (χ1) is 12.4. The predicted molar refractivity (Wildman–Crippen MR) is 111 cm³/mol. The van der Waals surface area contributed by atoms with E-state index in [1.807, 2.05) is 18.2 Å². The maximum Gasteiger partial charge on any atom is 0.120 e. The highest BCUT2D eigenvalue weighted by Crippen LogP contribution is 2.27. The van der Waals surface area contributed by atoms with E-state index in [1.165, 1.54) is 5.39 Å². The topological polar surface area (TPSA) is 59.1 Å². The third kappa shape index (κ3) is 2.70. The molecule has 0 radical (unpaired) electrons. The van der Waals surface area contributed by atoms with Crippen LogP contribution in [0.3, 0.4) is 0 Å². The highest BCUT2D eigenvalue weighted by Gasteiger charge is 2.17. The number of aryl methyl sites for hydroxylation is 1. The van der Waals surface area contributed by atoms with Crippen LogP contribution >= 0.6 is 11.6 Å². The average Bonchev–Trinajstić information content (AvgIpc) is 3.01. The van der Waals surface area contributed by atoms with E-state index in [1.54, 1.807) is 0 Å². The highest BCUT2D eigenvalue weighted by molar-refractivity contribution is 6.31. The lowest BCUT2D eigenvalue weighted by atomic mass is 9.94. The molecule has 0 aliphatic rings. The highest BCUT2D eigenvalue weighted by atomic mass is 35.5. The molecule has 2 aromatic carbocycles. The number of nitrogens with zero attached hydrogens (tertiary/aromatic N) is 2. The normalized spacial score (nSPS) is 13.3. The molecule has 0 amide bonds. The molecule has 0 saturated heterocycles. The van der Waals surface area contributed by atoms with Crippen molar-refractivity contribution < 1.29 is 0 Å². The molecule has 4 rings (SSSR count). The summed E-state index contributed by atoms with van der Waals surface area (Å²) in [5.74, 6) is 0. The summed E-state index contributed by atoms with van der Waals surface area (Å²) >= 11 is 6.32. The summed E-state index contributed by atoms with van der Waals surface area (Å²) in [6.07, 6.45) is 0. The van der Waals surface area contributed by atoms with Crippen LogP contribution in [0.15, 0.2) is 47.5 Å².